The molecular formula is C28H31N3O3. The fraction of sp³-hybridized carbons (Fsp3) is 0.321. The molecule has 1 atom stereocenters. The molecule has 0 bridgehead atoms. The molecule has 0 spiro atoms. The van der Waals surface area contributed by atoms with Crippen molar-refractivity contribution in [2.24, 2.45) is 0 Å². The van der Waals surface area contributed by atoms with Gasteiger partial charge in [-0.1, -0.05) is 79.9 Å². The van der Waals surface area contributed by atoms with E-state index in [-0.39, 0.29) is 23.2 Å². The predicted molar refractivity (Wildman–Crippen MR) is 133 cm³/mol. The average Bonchev–Trinajstić information content (AvgIpc) is 2.89. The summed E-state index contributed by atoms with van der Waals surface area (Å²) in [5.74, 6) is -0.946. The summed E-state index contributed by atoms with van der Waals surface area (Å²) in [6.07, 6.45) is 9.14. The van der Waals surface area contributed by atoms with Crippen molar-refractivity contribution in [3.05, 3.63) is 106 Å². The molecule has 1 fully saturated rings. The number of pyridine rings is 1. The van der Waals surface area contributed by atoms with Crippen molar-refractivity contribution in [1.29, 1.82) is 0 Å². The maximum atomic E-state index is 13.5. The van der Waals surface area contributed by atoms with Crippen LogP contribution >= 0.6 is 0 Å². The first-order valence-corrected chi connectivity index (χ1v) is 11.9. The number of hydrogen-bond acceptors (Lipinski definition) is 3. The van der Waals surface area contributed by atoms with Gasteiger partial charge in [-0.2, -0.15) is 0 Å². The molecule has 0 radical (unpaired) electrons. The highest BCUT2D eigenvalue weighted by atomic mass is 16.2. The standard InChI is InChI=1S/C28H31N3O3/c1-29-27(33)23-18-31(22-15-9-4-10-16-22)19-24(26(23)32)28(34)30-25(21-13-7-3-8-14-21)17-20-11-5-2-6-12-20/h2-3,5-8,11-14,18-19,22,25H,4,9-10,15-17H2,1H3,(H,29,33)(H,30,34). The summed E-state index contributed by atoms with van der Waals surface area (Å²) in [6, 6.07) is 19.5. The van der Waals surface area contributed by atoms with E-state index in [0.29, 0.717) is 6.42 Å². The molecule has 4 rings (SSSR count). The van der Waals surface area contributed by atoms with Crippen LogP contribution in [0.5, 0.6) is 0 Å². The van der Waals surface area contributed by atoms with Gasteiger partial charge in [-0.3, -0.25) is 14.4 Å². The number of aromatic nitrogens is 1. The van der Waals surface area contributed by atoms with Crippen LogP contribution in [0.4, 0.5) is 0 Å². The number of carbonyl (C=O) groups excluding carboxylic acids is 2. The number of benzene rings is 2. The van der Waals surface area contributed by atoms with Gasteiger partial charge in [0.2, 0.25) is 5.43 Å². The van der Waals surface area contributed by atoms with E-state index >= 15 is 0 Å². The van der Waals surface area contributed by atoms with E-state index in [1.807, 2.05) is 65.2 Å². The van der Waals surface area contributed by atoms with Gasteiger partial charge in [0.25, 0.3) is 11.8 Å². The number of hydrogen-bond donors (Lipinski definition) is 2. The summed E-state index contributed by atoms with van der Waals surface area (Å²) in [7, 11) is 1.49. The molecule has 2 amide bonds. The van der Waals surface area contributed by atoms with Crippen molar-refractivity contribution in [2.45, 2.75) is 50.6 Å². The molecule has 6 heteroatoms. The third kappa shape index (κ3) is 5.45. The first-order chi connectivity index (χ1) is 16.6. The fourth-order valence-corrected chi connectivity index (χ4v) is 4.67. The van der Waals surface area contributed by atoms with Gasteiger partial charge in [0, 0.05) is 25.5 Å². The molecule has 1 aliphatic rings. The molecule has 3 aromatic rings. The largest absolute Gasteiger partial charge is 0.355 e. The van der Waals surface area contributed by atoms with Crippen molar-refractivity contribution in [3.8, 4) is 0 Å². The van der Waals surface area contributed by atoms with Crippen molar-refractivity contribution in [3.63, 3.8) is 0 Å². The summed E-state index contributed by atoms with van der Waals surface area (Å²) in [5, 5.41) is 5.60. The maximum absolute atomic E-state index is 13.5. The maximum Gasteiger partial charge on any atom is 0.257 e. The lowest BCUT2D eigenvalue weighted by Crippen LogP contribution is -2.37. The Bertz CT molecular complexity index is 1180. The zero-order chi connectivity index (χ0) is 23.9. The Labute approximate surface area is 200 Å². The molecule has 1 saturated carbocycles. The minimum Gasteiger partial charge on any atom is -0.355 e. The van der Waals surface area contributed by atoms with Gasteiger partial charge >= 0.3 is 0 Å². The van der Waals surface area contributed by atoms with Crippen molar-refractivity contribution in [2.75, 3.05) is 7.05 Å². The molecule has 1 aliphatic carbocycles. The second kappa shape index (κ2) is 11.0. The number of carbonyl (C=O) groups is 2. The zero-order valence-electron chi connectivity index (χ0n) is 19.5. The first-order valence-electron chi connectivity index (χ1n) is 11.9. The summed E-state index contributed by atoms with van der Waals surface area (Å²) < 4.78 is 1.90. The Balaban J connectivity index is 1.69. The molecule has 2 aromatic carbocycles. The topological polar surface area (TPSA) is 80.2 Å². The monoisotopic (exact) mass is 457 g/mol. The van der Waals surface area contributed by atoms with Crippen LogP contribution in [0, 0.1) is 0 Å². The van der Waals surface area contributed by atoms with Gasteiger partial charge < -0.3 is 15.2 Å². The van der Waals surface area contributed by atoms with E-state index in [1.54, 1.807) is 12.4 Å². The van der Waals surface area contributed by atoms with Gasteiger partial charge in [0.1, 0.15) is 11.1 Å². The number of amides is 2. The Kier molecular flexibility index (Phi) is 7.58. The minimum atomic E-state index is -0.546. The zero-order valence-corrected chi connectivity index (χ0v) is 19.5. The van der Waals surface area contributed by atoms with Gasteiger partial charge in [-0.05, 0) is 30.4 Å². The van der Waals surface area contributed by atoms with Gasteiger partial charge in [-0.15, -0.1) is 0 Å². The smallest absolute Gasteiger partial charge is 0.257 e. The molecule has 1 unspecified atom stereocenters. The SMILES string of the molecule is CNC(=O)c1cn(C2CCCCC2)cc(C(=O)NC(Cc2ccccc2)c2ccccc2)c1=O. The Morgan fingerprint density at radius 1 is 0.882 bits per heavy atom. The minimum absolute atomic E-state index is 0.0000407. The van der Waals surface area contributed by atoms with Crippen LogP contribution in [0.1, 0.15) is 76.0 Å². The molecule has 34 heavy (non-hydrogen) atoms. The Morgan fingerprint density at radius 2 is 1.47 bits per heavy atom. The van der Waals surface area contributed by atoms with E-state index in [9.17, 15) is 14.4 Å². The summed E-state index contributed by atoms with van der Waals surface area (Å²) >= 11 is 0. The molecule has 6 nitrogen and oxygen atoms in total. The number of rotatable bonds is 7. The first kappa shape index (κ1) is 23.5. The predicted octanol–water partition coefficient (Wildman–Crippen LogP) is 4.43. The lowest BCUT2D eigenvalue weighted by Gasteiger charge is -2.26. The van der Waals surface area contributed by atoms with Crippen molar-refractivity contribution in [1.82, 2.24) is 15.2 Å². The normalized spacial score (nSPS) is 14.9. The quantitative estimate of drug-likeness (QED) is 0.551. The molecular weight excluding hydrogens is 426 g/mol. The van der Waals surface area contributed by atoms with Crippen LogP contribution in [-0.2, 0) is 6.42 Å². The van der Waals surface area contributed by atoms with Crippen LogP contribution in [0.15, 0.2) is 77.9 Å². The number of nitrogens with one attached hydrogen (secondary N) is 2. The van der Waals surface area contributed by atoms with Crippen molar-refractivity contribution >= 4 is 11.8 Å². The highest BCUT2D eigenvalue weighted by molar-refractivity contribution is 5.99. The summed E-state index contributed by atoms with van der Waals surface area (Å²) in [5.41, 5.74) is 1.49. The summed E-state index contributed by atoms with van der Waals surface area (Å²) in [6.45, 7) is 0. The molecule has 1 aromatic heterocycles. The van der Waals surface area contributed by atoms with Crippen LogP contribution in [-0.4, -0.2) is 23.4 Å². The second-order valence-electron chi connectivity index (χ2n) is 8.86. The third-order valence-corrected chi connectivity index (χ3v) is 6.55. The molecule has 0 saturated heterocycles. The van der Waals surface area contributed by atoms with Crippen LogP contribution in [0.25, 0.3) is 0 Å². The molecule has 1 heterocycles. The summed E-state index contributed by atoms with van der Waals surface area (Å²) in [4.78, 5) is 39.1. The lowest BCUT2D eigenvalue weighted by molar-refractivity contribution is 0.0934. The van der Waals surface area contributed by atoms with Crippen LogP contribution < -0.4 is 16.1 Å². The van der Waals surface area contributed by atoms with Gasteiger partial charge in [0.05, 0.1) is 6.04 Å². The van der Waals surface area contributed by atoms with E-state index in [4.69, 9.17) is 0 Å². The number of nitrogens with zero attached hydrogens (tertiary/aromatic N) is 1. The Hall–Kier alpha value is -3.67. The van der Waals surface area contributed by atoms with E-state index < -0.39 is 17.2 Å². The molecule has 176 valence electrons. The van der Waals surface area contributed by atoms with E-state index in [2.05, 4.69) is 10.6 Å². The lowest BCUT2D eigenvalue weighted by atomic mass is 9.94. The van der Waals surface area contributed by atoms with Crippen molar-refractivity contribution < 1.29 is 9.59 Å². The highest BCUT2D eigenvalue weighted by Crippen LogP contribution is 2.28. The van der Waals surface area contributed by atoms with Crippen LogP contribution in [0.3, 0.4) is 0 Å². The van der Waals surface area contributed by atoms with Crippen LogP contribution in [0.2, 0.25) is 0 Å². The van der Waals surface area contributed by atoms with Gasteiger partial charge in [-0.25, -0.2) is 0 Å². The fourth-order valence-electron chi connectivity index (χ4n) is 4.67. The van der Waals surface area contributed by atoms with E-state index in [1.165, 1.54) is 13.5 Å². The van der Waals surface area contributed by atoms with E-state index in [0.717, 1.165) is 36.8 Å². The second-order valence-corrected chi connectivity index (χ2v) is 8.86. The average molecular weight is 458 g/mol. The third-order valence-electron chi connectivity index (χ3n) is 6.55. The van der Waals surface area contributed by atoms with Gasteiger partial charge in [0.15, 0.2) is 0 Å². The highest BCUT2D eigenvalue weighted by Gasteiger charge is 2.24. The molecule has 2 N–H and O–H groups in total. The Morgan fingerprint density at radius 3 is 2.09 bits per heavy atom. The molecule has 0 aliphatic heterocycles.